The van der Waals surface area contributed by atoms with Crippen LogP contribution in [0, 0.1) is 0 Å². The first-order valence-corrected chi connectivity index (χ1v) is 14.6. The summed E-state index contributed by atoms with van der Waals surface area (Å²) in [6, 6.07) is 1.45. The molecular weight excluding hydrogens is 584 g/mol. The Hall–Kier alpha value is -0.870. The summed E-state index contributed by atoms with van der Waals surface area (Å²) in [7, 11) is -11.0. The standard InChI is InChI=1S/C16H26N2O16P2S.H3N/c1-37-8-2-3-18(16(25)17-8)14-12(23)10(21)7(31-14)5-30-35(26,27)34-36(28,29)33-15-13(24)11(22)9(20)6(4-19)32-15;/h2-3,6-7,9-15,19-24H,4-5H2,1H3,(H,26,27)(H,28,29);1H3/t6-,7-,9-,10-,11+,12-,13-,14-,15-;/m1./s1. The smallest absolute Gasteiger partial charge is 0.394 e. The molecule has 2 aliphatic heterocycles. The number of ether oxygens (including phenoxy) is 2. The summed E-state index contributed by atoms with van der Waals surface area (Å²) in [6.07, 6.45) is -13.0. The monoisotopic (exact) mass is 613 g/mol. The Balaban J connectivity index is 0.00000507. The van der Waals surface area contributed by atoms with Crippen molar-refractivity contribution in [2.24, 2.45) is 0 Å². The Morgan fingerprint density at radius 3 is 2.21 bits per heavy atom. The predicted octanol–water partition coefficient (Wildman–Crippen LogP) is -3.20. The molecule has 2 aliphatic rings. The van der Waals surface area contributed by atoms with Gasteiger partial charge in [0, 0.05) is 6.20 Å². The molecule has 38 heavy (non-hydrogen) atoms. The third kappa shape index (κ3) is 7.65. The third-order valence-electron chi connectivity index (χ3n) is 5.32. The van der Waals surface area contributed by atoms with Crippen LogP contribution in [0.3, 0.4) is 0 Å². The minimum Gasteiger partial charge on any atom is -0.394 e. The van der Waals surface area contributed by atoms with Crippen molar-refractivity contribution in [2.45, 2.75) is 60.3 Å². The lowest BCUT2D eigenvalue weighted by Gasteiger charge is -2.39. The van der Waals surface area contributed by atoms with Crippen molar-refractivity contribution in [2.75, 3.05) is 19.5 Å². The Bertz CT molecular complexity index is 1100. The highest BCUT2D eigenvalue weighted by molar-refractivity contribution is 7.98. The Morgan fingerprint density at radius 1 is 1.00 bits per heavy atom. The van der Waals surface area contributed by atoms with Gasteiger partial charge in [-0.1, -0.05) is 0 Å². The van der Waals surface area contributed by atoms with E-state index in [4.69, 9.17) is 14.6 Å². The molecule has 11 N–H and O–H groups in total. The molecule has 0 aliphatic carbocycles. The van der Waals surface area contributed by atoms with E-state index in [2.05, 4.69) is 18.3 Å². The number of thioether (sulfide) groups is 1. The first-order valence-electron chi connectivity index (χ1n) is 10.3. The lowest BCUT2D eigenvalue weighted by molar-refractivity contribution is -0.280. The predicted molar refractivity (Wildman–Crippen MR) is 123 cm³/mol. The molecule has 0 radical (unpaired) electrons. The fourth-order valence-electron chi connectivity index (χ4n) is 3.43. The van der Waals surface area contributed by atoms with Gasteiger partial charge in [0.1, 0.15) is 47.8 Å². The molecule has 220 valence electrons. The van der Waals surface area contributed by atoms with Gasteiger partial charge in [0.15, 0.2) is 12.5 Å². The number of hydrogen-bond donors (Lipinski definition) is 9. The van der Waals surface area contributed by atoms with Gasteiger partial charge in [-0.15, -0.1) is 11.8 Å². The molecule has 19 nitrogen and oxygen atoms in total. The van der Waals surface area contributed by atoms with E-state index in [1.165, 1.54) is 24.0 Å². The zero-order chi connectivity index (χ0) is 27.7. The maximum absolute atomic E-state index is 12.2. The molecule has 0 saturated carbocycles. The minimum absolute atomic E-state index is 0. The van der Waals surface area contributed by atoms with Gasteiger partial charge in [-0.3, -0.25) is 13.6 Å². The van der Waals surface area contributed by atoms with E-state index >= 15 is 0 Å². The van der Waals surface area contributed by atoms with Crippen molar-refractivity contribution in [3.63, 3.8) is 0 Å². The lowest BCUT2D eigenvalue weighted by atomic mass is 10.00. The second kappa shape index (κ2) is 13.2. The average Bonchev–Trinajstić information content (AvgIpc) is 3.10. The van der Waals surface area contributed by atoms with Gasteiger partial charge in [0.25, 0.3) is 0 Å². The number of phosphoric acid groups is 2. The first-order chi connectivity index (χ1) is 17.2. The molecule has 11 atom stereocenters. The SMILES string of the molecule is CSc1ccn([C@@H]2O[C@H](COP(=O)(O)OP(=O)(O)O[C@H]3O[C@H](CO)[C@@H](O)[C@H](O)[C@H]3O)[C@@H](O)[C@H]2O)c(=O)n1.N. The molecule has 0 amide bonds. The quantitative estimate of drug-likeness (QED) is 0.0712. The van der Waals surface area contributed by atoms with Crippen LogP contribution in [0.5, 0.6) is 0 Å². The van der Waals surface area contributed by atoms with E-state index in [-0.39, 0.29) is 6.15 Å². The molecule has 1 aromatic heterocycles. The molecule has 3 heterocycles. The van der Waals surface area contributed by atoms with Crippen molar-refractivity contribution in [1.29, 1.82) is 0 Å². The summed E-state index contributed by atoms with van der Waals surface area (Å²) >= 11 is 1.18. The van der Waals surface area contributed by atoms with Crippen LogP contribution >= 0.6 is 27.4 Å². The van der Waals surface area contributed by atoms with Crippen LogP contribution in [0.25, 0.3) is 0 Å². The zero-order valence-corrected chi connectivity index (χ0v) is 22.1. The summed E-state index contributed by atoms with van der Waals surface area (Å²) in [5.41, 5.74) is -0.813. The van der Waals surface area contributed by atoms with Crippen molar-refractivity contribution < 1.29 is 72.4 Å². The van der Waals surface area contributed by atoms with Crippen molar-refractivity contribution in [1.82, 2.24) is 15.7 Å². The van der Waals surface area contributed by atoms with E-state index < -0.39 is 89.8 Å². The lowest BCUT2D eigenvalue weighted by Crippen LogP contribution is -2.58. The van der Waals surface area contributed by atoms with E-state index in [9.17, 15) is 49.2 Å². The summed E-state index contributed by atoms with van der Waals surface area (Å²) in [5.74, 6) is 0. The van der Waals surface area contributed by atoms with Crippen LogP contribution in [0.4, 0.5) is 0 Å². The number of rotatable bonds is 10. The molecular formula is C16H29N3O16P2S. The number of aromatic nitrogens is 2. The summed E-state index contributed by atoms with van der Waals surface area (Å²) in [4.78, 5) is 35.6. The molecule has 1 aromatic rings. The number of aliphatic hydroxyl groups is 6. The van der Waals surface area contributed by atoms with Crippen LogP contribution in [0.2, 0.25) is 0 Å². The fraction of sp³-hybridized carbons (Fsp3) is 0.750. The summed E-state index contributed by atoms with van der Waals surface area (Å²) in [5, 5.41) is 59.3. The number of hydrogen-bond acceptors (Lipinski definition) is 17. The Kier molecular flexibility index (Phi) is 11.6. The first kappa shape index (κ1) is 33.3. The number of phosphoric ester groups is 2. The third-order valence-corrected chi connectivity index (χ3v) is 8.56. The van der Waals surface area contributed by atoms with Gasteiger partial charge >= 0.3 is 21.3 Å². The molecule has 2 saturated heterocycles. The van der Waals surface area contributed by atoms with Crippen LogP contribution in [0.15, 0.2) is 22.1 Å². The highest BCUT2D eigenvalue weighted by Crippen LogP contribution is 2.61. The van der Waals surface area contributed by atoms with Crippen molar-refractivity contribution in [3.8, 4) is 0 Å². The van der Waals surface area contributed by atoms with Gasteiger partial charge in [-0.05, 0) is 12.3 Å². The number of aliphatic hydroxyl groups excluding tert-OH is 6. The molecule has 0 spiro atoms. The van der Waals surface area contributed by atoms with Gasteiger partial charge in [0.05, 0.1) is 13.2 Å². The summed E-state index contributed by atoms with van der Waals surface area (Å²) in [6.45, 7) is -1.86. The van der Waals surface area contributed by atoms with Crippen LogP contribution in [0.1, 0.15) is 6.23 Å². The van der Waals surface area contributed by atoms with E-state index in [0.717, 1.165) is 4.57 Å². The summed E-state index contributed by atoms with van der Waals surface area (Å²) < 4.78 is 48.6. The average molecular weight is 613 g/mol. The molecule has 0 bridgehead atoms. The largest absolute Gasteiger partial charge is 0.483 e. The number of nitrogens with zero attached hydrogens (tertiary/aromatic N) is 2. The van der Waals surface area contributed by atoms with E-state index in [0.29, 0.717) is 5.03 Å². The van der Waals surface area contributed by atoms with Crippen molar-refractivity contribution >= 4 is 27.4 Å². The second-order valence-corrected chi connectivity index (χ2v) is 11.6. The second-order valence-electron chi connectivity index (χ2n) is 7.82. The normalized spacial score (nSPS) is 36.7. The highest BCUT2D eigenvalue weighted by Gasteiger charge is 2.49. The van der Waals surface area contributed by atoms with Crippen LogP contribution in [-0.2, 0) is 32.0 Å². The zero-order valence-electron chi connectivity index (χ0n) is 19.5. The van der Waals surface area contributed by atoms with Gasteiger partial charge < -0.3 is 56.1 Å². The van der Waals surface area contributed by atoms with Gasteiger partial charge in [-0.2, -0.15) is 9.29 Å². The Labute approximate surface area is 218 Å². The highest BCUT2D eigenvalue weighted by atomic mass is 32.2. The molecule has 3 rings (SSSR count). The van der Waals surface area contributed by atoms with E-state index in [1.54, 1.807) is 6.26 Å². The fourth-order valence-corrected chi connectivity index (χ4v) is 5.95. The van der Waals surface area contributed by atoms with Gasteiger partial charge in [-0.25, -0.2) is 13.9 Å². The maximum atomic E-state index is 12.2. The van der Waals surface area contributed by atoms with Crippen LogP contribution < -0.4 is 11.8 Å². The topological polar surface area (TPSA) is 312 Å². The molecule has 2 fully saturated rings. The molecule has 22 heteroatoms. The van der Waals surface area contributed by atoms with Crippen LogP contribution in [-0.4, -0.2) is 118 Å². The van der Waals surface area contributed by atoms with Gasteiger partial charge in [0.2, 0.25) is 0 Å². The molecule has 0 aromatic carbocycles. The maximum Gasteiger partial charge on any atom is 0.483 e. The Morgan fingerprint density at radius 2 is 1.63 bits per heavy atom. The molecule has 2 unspecified atom stereocenters. The van der Waals surface area contributed by atoms with E-state index in [1.807, 2.05) is 0 Å². The minimum atomic E-state index is -5.57. The van der Waals surface area contributed by atoms with Crippen molar-refractivity contribution in [3.05, 3.63) is 22.7 Å².